The molecular weight excluding hydrogens is 330 g/mol. The van der Waals surface area contributed by atoms with Gasteiger partial charge in [0.25, 0.3) is 0 Å². The zero-order valence-electron chi connectivity index (χ0n) is 14.3. The second-order valence-electron chi connectivity index (χ2n) is 5.52. The van der Waals surface area contributed by atoms with E-state index in [1.807, 2.05) is 24.3 Å². The molecule has 0 aliphatic rings. The van der Waals surface area contributed by atoms with Crippen LogP contribution in [0.5, 0.6) is 5.75 Å². The van der Waals surface area contributed by atoms with E-state index >= 15 is 0 Å². The molecule has 0 heterocycles. The fourth-order valence-electron chi connectivity index (χ4n) is 1.84. The predicted octanol–water partition coefficient (Wildman–Crippen LogP) is 2.03. The van der Waals surface area contributed by atoms with Crippen molar-refractivity contribution in [1.29, 1.82) is 0 Å². The van der Waals surface area contributed by atoms with Crippen molar-refractivity contribution in [3.63, 3.8) is 0 Å². The van der Waals surface area contributed by atoms with Gasteiger partial charge in [0.1, 0.15) is 5.75 Å². The molecule has 0 unspecified atom stereocenters. The van der Waals surface area contributed by atoms with Gasteiger partial charge in [-0.05, 0) is 43.5 Å². The summed E-state index contributed by atoms with van der Waals surface area (Å²) in [5.41, 5.74) is 6.22. The Labute approximate surface area is 144 Å². The average Bonchev–Trinajstić information content (AvgIpc) is 2.53. The maximum Gasteiger partial charge on any atom is 0.238 e. The number of hydrogen-bond acceptors (Lipinski definition) is 5. The molecule has 1 rings (SSSR count). The first kappa shape index (κ1) is 20.2. The van der Waals surface area contributed by atoms with Crippen molar-refractivity contribution in [1.82, 2.24) is 10.1 Å². The van der Waals surface area contributed by atoms with Crippen LogP contribution in [0.2, 0.25) is 0 Å². The Morgan fingerprint density at radius 2 is 1.83 bits per heavy atom. The highest BCUT2D eigenvalue weighted by Gasteiger charge is 2.03. The second-order valence-corrected chi connectivity index (χ2v) is 7.36. The van der Waals surface area contributed by atoms with Crippen LogP contribution >= 0.6 is 0 Å². The van der Waals surface area contributed by atoms with Crippen LogP contribution in [0.4, 0.5) is 5.69 Å². The Hall–Kier alpha value is -1.80. The van der Waals surface area contributed by atoms with Crippen molar-refractivity contribution >= 4 is 21.6 Å². The molecule has 0 fully saturated rings. The van der Waals surface area contributed by atoms with E-state index in [1.165, 1.54) is 0 Å². The molecule has 0 saturated heterocycles. The molecular formula is C16H27N3O4S. The van der Waals surface area contributed by atoms with Crippen LogP contribution in [0.3, 0.4) is 0 Å². The monoisotopic (exact) mass is 357 g/mol. The first-order valence-corrected chi connectivity index (χ1v) is 10.0. The van der Waals surface area contributed by atoms with Gasteiger partial charge in [0.05, 0.1) is 18.6 Å². The first-order chi connectivity index (χ1) is 11.4. The Balaban J connectivity index is 2.17. The van der Waals surface area contributed by atoms with Crippen molar-refractivity contribution in [3.05, 3.63) is 24.3 Å². The van der Waals surface area contributed by atoms with Crippen LogP contribution in [0.15, 0.2) is 24.3 Å². The van der Waals surface area contributed by atoms with Gasteiger partial charge in [-0.15, -0.1) is 0 Å². The first-order valence-electron chi connectivity index (χ1n) is 8.13. The normalized spacial score (nSPS) is 11.1. The van der Waals surface area contributed by atoms with E-state index in [4.69, 9.17) is 4.74 Å². The summed E-state index contributed by atoms with van der Waals surface area (Å²) >= 11 is 0. The molecule has 0 spiro atoms. The quantitative estimate of drug-likeness (QED) is 0.393. The third-order valence-electron chi connectivity index (χ3n) is 3.16. The number of anilines is 1. The molecule has 8 heteroatoms. The molecule has 1 aromatic rings. The lowest BCUT2D eigenvalue weighted by Gasteiger charge is -2.10. The summed E-state index contributed by atoms with van der Waals surface area (Å²) in [6, 6.07) is 7.36. The lowest BCUT2D eigenvalue weighted by Crippen LogP contribution is -2.29. The summed E-state index contributed by atoms with van der Waals surface area (Å²) in [5, 5.41) is 0. The van der Waals surface area contributed by atoms with E-state index in [9.17, 15) is 13.2 Å². The number of benzene rings is 1. The van der Waals surface area contributed by atoms with Gasteiger partial charge in [-0.25, -0.2) is 13.1 Å². The molecule has 1 aromatic carbocycles. The van der Waals surface area contributed by atoms with E-state index in [0.29, 0.717) is 32.4 Å². The van der Waals surface area contributed by atoms with Crippen molar-refractivity contribution < 1.29 is 17.9 Å². The van der Waals surface area contributed by atoms with Gasteiger partial charge in [0.15, 0.2) is 0 Å². The van der Waals surface area contributed by atoms with Crippen molar-refractivity contribution in [3.8, 4) is 5.75 Å². The lowest BCUT2D eigenvalue weighted by atomic mass is 10.2. The Morgan fingerprint density at radius 1 is 1.12 bits per heavy atom. The second kappa shape index (κ2) is 10.9. The summed E-state index contributed by atoms with van der Waals surface area (Å²) in [5.74, 6) is 0.663. The third-order valence-corrected chi connectivity index (χ3v) is 3.89. The molecule has 7 nitrogen and oxygen atoms in total. The molecule has 0 radical (unpaired) electrons. The summed E-state index contributed by atoms with van der Waals surface area (Å²) in [6.45, 7) is 3.16. The molecule has 0 aromatic heterocycles. The van der Waals surface area contributed by atoms with Crippen molar-refractivity contribution in [2.45, 2.75) is 39.0 Å². The molecule has 1 amide bonds. The van der Waals surface area contributed by atoms with Crippen LogP contribution in [0.25, 0.3) is 0 Å². The highest BCUT2D eigenvalue weighted by molar-refractivity contribution is 7.88. The number of rotatable bonds is 12. The van der Waals surface area contributed by atoms with Crippen LogP contribution in [-0.4, -0.2) is 33.7 Å². The van der Waals surface area contributed by atoms with Gasteiger partial charge in [-0.3, -0.25) is 15.6 Å². The molecule has 0 bridgehead atoms. The van der Waals surface area contributed by atoms with Gasteiger partial charge < -0.3 is 4.74 Å². The predicted molar refractivity (Wildman–Crippen MR) is 95.3 cm³/mol. The largest absolute Gasteiger partial charge is 0.494 e. The Bertz CT molecular complexity index is 588. The minimum absolute atomic E-state index is 0.141. The minimum atomic E-state index is -3.16. The molecule has 0 atom stereocenters. The molecule has 0 saturated carbocycles. The molecule has 24 heavy (non-hydrogen) atoms. The summed E-state index contributed by atoms with van der Waals surface area (Å²) in [4.78, 5) is 11.7. The summed E-state index contributed by atoms with van der Waals surface area (Å²) in [6.07, 6.45) is 4.79. The number of unbranched alkanes of at least 4 members (excludes halogenated alkanes) is 2. The van der Waals surface area contributed by atoms with Crippen LogP contribution < -0.4 is 20.3 Å². The fraction of sp³-hybridized carbons (Fsp3) is 0.562. The highest BCUT2D eigenvalue weighted by Crippen LogP contribution is 2.15. The molecule has 0 aliphatic carbocycles. The van der Waals surface area contributed by atoms with E-state index in [0.717, 1.165) is 30.5 Å². The standard InChI is InChI=1S/C16H27N3O4S/c1-3-4-13-23-15-10-8-14(9-11-15)18-19-16(20)7-5-6-12-17-24(2,21)22/h8-11,17-18H,3-7,12-13H2,1-2H3,(H,19,20). The summed E-state index contributed by atoms with van der Waals surface area (Å²) in [7, 11) is -3.16. The Morgan fingerprint density at radius 3 is 2.46 bits per heavy atom. The number of hydrazine groups is 1. The number of amides is 1. The highest BCUT2D eigenvalue weighted by atomic mass is 32.2. The van der Waals surface area contributed by atoms with Gasteiger partial charge in [0, 0.05) is 13.0 Å². The zero-order chi connectivity index (χ0) is 17.8. The summed E-state index contributed by atoms with van der Waals surface area (Å²) < 4.78 is 29.7. The molecule has 136 valence electrons. The third kappa shape index (κ3) is 10.1. The van der Waals surface area contributed by atoms with Crippen LogP contribution in [0.1, 0.15) is 39.0 Å². The SMILES string of the molecule is CCCCOc1ccc(NNC(=O)CCCCNS(C)(=O)=O)cc1. The number of sulfonamides is 1. The average molecular weight is 357 g/mol. The van der Waals surface area contributed by atoms with E-state index in [-0.39, 0.29) is 5.91 Å². The number of ether oxygens (including phenoxy) is 1. The fourth-order valence-corrected chi connectivity index (χ4v) is 2.36. The van der Waals surface area contributed by atoms with Crippen LogP contribution in [0, 0.1) is 0 Å². The molecule has 0 aliphatic heterocycles. The number of nitrogens with one attached hydrogen (secondary N) is 3. The Kier molecular flexibility index (Phi) is 9.18. The van der Waals surface area contributed by atoms with E-state index in [1.54, 1.807) is 0 Å². The maximum atomic E-state index is 11.7. The van der Waals surface area contributed by atoms with E-state index in [2.05, 4.69) is 22.5 Å². The smallest absolute Gasteiger partial charge is 0.238 e. The minimum Gasteiger partial charge on any atom is -0.494 e. The van der Waals surface area contributed by atoms with Gasteiger partial charge in [0.2, 0.25) is 15.9 Å². The maximum absolute atomic E-state index is 11.7. The van der Waals surface area contributed by atoms with Crippen molar-refractivity contribution in [2.75, 3.05) is 24.8 Å². The molecule has 3 N–H and O–H groups in total. The zero-order valence-corrected chi connectivity index (χ0v) is 15.1. The van der Waals surface area contributed by atoms with Crippen molar-refractivity contribution in [2.24, 2.45) is 0 Å². The number of carbonyl (C=O) groups is 1. The topological polar surface area (TPSA) is 96.5 Å². The van der Waals surface area contributed by atoms with Crippen LogP contribution in [-0.2, 0) is 14.8 Å². The number of hydrogen-bond donors (Lipinski definition) is 3. The van der Waals surface area contributed by atoms with Gasteiger partial charge in [-0.1, -0.05) is 13.3 Å². The van der Waals surface area contributed by atoms with Gasteiger partial charge >= 0.3 is 0 Å². The van der Waals surface area contributed by atoms with E-state index < -0.39 is 10.0 Å². The van der Waals surface area contributed by atoms with Gasteiger partial charge in [-0.2, -0.15) is 0 Å². The lowest BCUT2D eigenvalue weighted by molar-refractivity contribution is -0.120. The number of carbonyl (C=O) groups excluding carboxylic acids is 1.